The number of rotatable bonds is 7. The zero-order valence-electron chi connectivity index (χ0n) is 24.8. The summed E-state index contributed by atoms with van der Waals surface area (Å²) >= 11 is 0. The third-order valence-corrected chi connectivity index (χ3v) is 12.6. The molecule has 1 aromatic rings. The summed E-state index contributed by atoms with van der Waals surface area (Å²) in [5, 5.41) is 49.4. The van der Waals surface area contributed by atoms with Gasteiger partial charge in [-0.25, -0.2) is 4.79 Å². The average Bonchev–Trinajstić information content (AvgIpc) is 3.37. The molecule has 5 saturated carbocycles. The molecule has 5 aliphatic carbocycles. The van der Waals surface area contributed by atoms with Gasteiger partial charge in [0.2, 0.25) is 0 Å². The summed E-state index contributed by atoms with van der Waals surface area (Å²) in [6.45, 7) is 0.760. The van der Waals surface area contributed by atoms with Crippen LogP contribution in [0.5, 0.6) is 0 Å². The Morgan fingerprint density at radius 2 is 1.71 bits per heavy atom. The number of benzene rings is 1. The Morgan fingerprint density at radius 3 is 2.33 bits per heavy atom. The molecule has 1 aliphatic heterocycles. The van der Waals surface area contributed by atoms with E-state index in [9.17, 15) is 25.2 Å². The molecule has 4 N–H and O–H groups in total. The number of piperidine rings is 1. The number of esters is 1. The Bertz CT molecular complexity index is 1240. The van der Waals surface area contributed by atoms with E-state index in [4.69, 9.17) is 23.7 Å². The second-order valence-electron chi connectivity index (χ2n) is 13.7. The fourth-order valence-electron chi connectivity index (χ4n) is 11.8. The van der Waals surface area contributed by atoms with Crippen LogP contribution in [0.2, 0.25) is 0 Å². The van der Waals surface area contributed by atoms with E-state index in [0.717, 1.165) is 0 Å². The predicted molar refractivity (Wildman–Crippen MR) is 146 cm³/mol. The van der Waals surface area contributed by atoms with Crippen LogP contribution in [-0.4, -0.2) is 134 Å². The third kappa shape index (κ3) is 3.05. The van der Waals surface area contributed by atoms with Crippen molar-refractivity contribution in [3.8, 4) is 0 Å². The Balaban J connectivity index is 1.47. The summed E-state index contributed by atoms with van der Waals surface area (Å²) in [6, 6.07) is 8.22. The maximum Gasteiger partial charge on any atom is 0.338 e. The molecule has 1 heterocycles. The molecule has 15 atom stereocenters. The van der Waals surface area contributed by atoms with E-state index in [1.165, 1.54) is 7.11 Å². The molecule has 1 spiro atoms. The number of aliphatic hydroxyl groups excluding tert-OH is 2. The van der Waals surface area contributed by atoms with Crippen molar-refractivity contribution in [2.45, 2.75) is 66.7 Å². The number of nitrogens with zero attached hydrogens (tertiary/aromatic N) is 1. The first-order valence-electron chi connectivity index (χ1n) is 14.9. The summed E-state index contributed by atoms with van der Waals surface area (Å²) in [5.41, 5.74) is -4.81. The highest BCUT2D eigenvalue weighted by Gasteiger charge is 2.91. The van der Waals surface area contributed by atoms with Crippen LogP contribution >= 0.6 is 0 Å². The fraction of sp³-hybridized carbons (Fsp3) is 0.774. The number of likely N-dealkylation sites (tertiary alicyclic amines) is 1. The lowest BCUT2D eigenvalue weighted by Gasteiger charge is -2.69. The van der Waals surface area contributed by atoms with Gasteiger partial charge in [-0.05, 0) is 31.5 Å². The van der Waals surface area contributed by atoms with Crippen molar-refractivity contribution >= 4 is 5.97 Å². The lowest BCUT2D eigenvalue weighted by atomic mass is 9.42. The molecule has 7 rings (SSSR count). The average molecular weight is 590 g/mol. The molecular formula is C31H43NO10. The molecule has 4 unspecified atom stereocenters. The first-order valence-corrected chi connectivity index (χ1v) is 14.9. The Kier molecular flexibility index (Phi) is 6.52. The van der Waals surface area contributed by atoms with Crippen LogP contribution in [0, 0.1) is 34.5 Å². The van der Waals surface area contributed by atoms with Gasteiger partial charge in [0.1, 0.15) is 29.5 Å². The maximum atomic E-state index is 13.5. The number of fused-ring (bicyclic) bond motifs is 2. The van der Waals surface area contributed by atoms with Gasteiger partial charge in [0.05, 0.1) is 30.5 Å². The fourth-order valence-corrected chi connectivity index (χ4v) is 11.8. The standard InChI is InChI=1S/C31H43NO10/c1-32-13-28(14-38-2)17(33)11-18(39-3)30-16-12-29(36)25(42-27(35)15-9-7-6-8-10-15)19(16)31(37,24(34)26(29)41-5)20(23(30)32)21(40-4)22(28)30/h6-10,16-26,33-34,36-37H,11-14H2,1-5H3/t16-,17-,18+,19-,20?,21+,22-,23?,24+,25?,26+,28+,29-,30?,31-/m1/s1. The lowest BCUT2D eigenvalue weighted by Crippen LogP contribution is -2.80. The molecule has 232 valence electrons. The quantitative estimate of drug-likeness (QED) is 0.311. The molecule has 7 bridgehead atoms. The number of ether oxygens (including phenoxy) is 5. The molecular weight excluding hydrogens is 546 g/mol. The van der Waals surface area contributed by atoms with E-state index < -0.39 is 82.4 Å². The highest BCUT2D eigenvalue weighted by molar-refractivity contribution is 5.89. The summed E-state index contributed by atoms with van der Waals surface area (Å²) < 4.78 is 30.3. The van der Waals surface area contributed by atoms with Gasteiger partial charge in [-0.1, -0.05) is 18.2 Å². The number of carbonyl (C=O) groups is 1. The second-order valence-corrected chi connectivity index (χ2v) is 13.7. The second kappa shape index (κ2) is 9.42. The largest absolute Gasteiger partial charge is 0.455 e. The van der Waals surface area contributed by atoms with Gasteiger partial charge in [-0.15, -0.1) is 0 Å². The Morgan fingerprint density at radius 1 is 1.00 bits per heavy atom. The van der Waals surface area contributed by atoms with Crippen LogP contribution in [-0.2, 0) is 23.7 Å². The van der Waals surface area contributed by atoms with Crippen LogP contribution in [0.1, 0.15) is 23.2 Å². The molecule has 0 aromatic heterocycles. The molecule has 11 heteroatoms. The lowest BCUT2D eigenvalue weighted by molar-refractivity contribution is -0.318. The van der Waals surface area contributed by atoms with Gasteiger partial charge >= 0.3 is 5.97 Å². The first-order chi connectivity index (χ1) is 20.0. The van der Waals surface area contributed by atoms with E-state index >= 15 is 0 Å². The zero-order valence-corrected chi connectivity index (χ0v) is 24.8. The van der Waals surface area contributed by atoms with E-state index in [-0.39, 0.29) is 25.0 Å². The van der Waals surface area contributed by atoms with E-state index in [1.807, 2.05) is 7.05 Å². The van der Waals surface area contributed by atoms with Gasteiger partial charge in [-0.2, -0.15) is 0 Å². The highest BCUT2D eigenvalue weighted by atomic mass is 16.6. The molecule has 1 saturated heterocycles. The number of methoxy groups -OCH3 is 4. The molecule has 6 aliphatic rings. The Hall–Kier alpha value is -1.67. The van der Waals surface area contributed by atoms with Crippen molar-refractivity contribution < 1.29 is 48.9 Å². The topological polar surface area (TPSA) is 147 Å². The summed E-state index contributed by atoms with van der Waals surface area (Å²) in [7, 11) is 8.22. The van der Waals surface area contributed by atoms with Gasteiger partial charge in [0.15, 0.2) is 0 Å². The van der Waals surface area contributed by atoms with E-state index in [0.29, 0.717) is 18.5 Å². The summed E-state index contributed by atoms with van der Waals surface area (Å²) in [5.74, 6) is -2.96. The van der Waals surface area contributed by atoms with Crippen LogP contribution in [0.15, 0.2) is 30.3 Å². The van der Waals surface area contributed by atoms with Crippen molar-refractivity contribution in [1.82, 2.24) is 4.90 Å². The van der Waals surface area contributed by atoms with E-state index in [2.05, 4.69) is 4.90 Å². The predicted octanol–water partition coefficient (Wildman–Crippen LogP) is -0.313. The van der Waals surface area contributed by atoms with E-state index in [1.54, 1.807) is 51.7 Å². The third-order valence-electron chi connectivity index (χ3n) is 12.6. The molecule has 0 radical (unpaired) electrons. The maximum absolute atomic E-state index is 13.5. The Labute approximate surface area is 245 Å². The molecule has 6 fully saturated rings. The normalized spacial score (nSPS) is 53.7. The van der Waals surface area contributed by atoms with Crippen molar-refractivity contribution in [3.63, 3.8) is 0 Å². The molecule has 11 nitrogen and oxygen atoms in total. The van der Waals surface area contributed by atoms with Gasteiger partial charge < -0.3 is 49.0 Å². The monoisotopic (exact) mass is 589 g/mol. The van der Waals surface area contributed by atoms with Crippen molar-refractivity contribution in [3.05, 3.63) is 35.9 Å². The van der Waals surface area contributed by atoms with Gasteiger partial charge in [0.25, 0.3) is 0 Å². The zero-order chi connectivity index (χ0) is 30.0. The van der Waals surface area contributed by atoms with Crippen molar-refractivity contribution in [2.75, 3.05) is 48.6 Å². The van der Waals surface area contributed by atoms with Gasteiger partial charge in [0, 0.05) is 76.0 Å². The minimum absolute atomic E-state index is 0.102. The minimum Gasteiger partial charge on any atom is -0.455 e. The molecule has 42 heavy (non-hydrogen) atoms. The first kappa shape index (κ1) is 29.1. The molecule has 0 amide bonds. The number of carbonyl (C=O) groups excluding carboxylic acids is 1. The number of hydrogen-bond donors (Lipinski definition) is 4. The van der Waals surface area contributed by atoms with Crippen molar-refractivity contribution in [1.29, 1.82) is 0 Å². The molecule has 1 aromatic carbocycles. The van der Waals surface area contributed by atoms with Crippen LogP contribution < -0.4 is 0 Å². The minimum atomic E-state index is -1.86. The van der Waals surface area contributed by atoms with Gasteiger partial charge in [-0.3, -0.25) is 0 Å². The van der Waals surface area contributed by atoms with Crippen molar-refractivity contribution in [2.24, 2.45) is 34.5 Å². The van der Waals surface area contributed by atoms with Crippen LogP contribution in [0.3, 0.4) is 0 Å². The van der Waals surface area contributed by atoms with Crippen LogP contribution in [0.25, 0.3) is 0 Å². The van der Waals surface area contributed by atoms with Crippen LogP contribution in [0.4, 0.5) is 0 Å². The summed E-state index contributed by atoms with van der Waals surface area (Å²) in [6.07, 6.45) is -5.28. The smallest absolute Gasteiger partial charge is 0.338 e. The number of hydrogen-bond acceptors (Lipinski definition) is 11. The number of aliphatic hydroxyl groups is 4. The SMILES string of the molecule is COC[C@]12CN(C)C3C4[C@H](OC)[C@H]1C3([C@@H](OC)C[C@H]2O)[C@@H]1C[C@@]2(O)C(OC(=O)c3ccccc3)[C@@H]1[C@]4(O)[C@@H](O)[C@@H]2OC. The summed E-state index contributed by atoms with van der Waals surface area (Å²) in [4.78, 5) is 15.7. The highest BCUT2D eigenvalue weighted by Crippen LogP contribution is 2.80.